The summed E-state index contributed by atoms with van der Waals surface area (Å²) in [7, 11) is -7.54. The molecule has 1 aliphatic heterocycles. The number of aliphatic hydroxyl groups is 1. The Labute approximate surface area is 197 Å². The van der Waals surface area contributed by atoms with E-state index < -0.39 is 32.8 Å². The van der Waals surface area contributed by atoms with Crippen molar-refractivity contribution in [2.24, 2.45) is 0 Å². The van der Waals surface area contributed by atoms with Crippen molar-refractivity contribution >= 4 is 15.0 Å². The van der Waals surface area contributed by atoms with Gasteiger partial charge in [0.25, 0.3) is 5.95 Å². The molecule has 12 heteroatoms. The van der Waals surface area contributed by atoms with Crippen LogP contribution in [0.1, 0.15) is 36.7 Å². The summed E-state index contributed by atoms with van der Waals surface area (Å²) in [6.07, 6.45) is 4.06. The lowest BCUT2D eigenvalue weighted by Gasteiger charge is -2.43. The largest absolute Gasteiger partial charge is 0.493 e. The third kappa shape index (κ3) is 4.80. The topological polar surface area (TPSA) is 134 Å². The van der Waals surface area contributed by atoms with Gasteiger partial charge in [0.15, 0.2) is 17.8 Å². The minimum Gasteiger partial charge on any atom is -0.493 e. The first kappa shape index (κ1) is 24.9. The molecular formula is C22H27NO9P2. The van der Waals surface area contributed by atoms with Crippen molar-refractivity contribution in [3.05, 3.63) is 66.4 Å². The zero-order valence-corrected chi connectivity index (χ0v) is 20.6. The smallest absolute Gasteiger partial charge is 0.372 e. The van der Waals surface area contributed by atoms with Gasteiger partial charge < -0.3 is 24.2 Å². The second-order valence-electron chi connectivity index (χ2n) is 8.28. The summed E-state index contributed by atoms with van der Waals surface area (Å²) in [6.45, 7) is 4.87. The van der Waals surface area contributed by atoms with E-state index in [2.05, 4.69) is 11.6 Å². The molecule has 1 saturated heterocycles. The van der Waals surface area contributed by atoms with Crippen LogP contribution in [0.4, 0.5) is 0 Å². The molecule has 2 aromatic rings. The zero-order valence-electron chi connectivity index (χ0n) is 18.8. The molecule has 2 heterocycles. The van der Waals surface area contributed by atoms with E-state index in [0.717, 1.165) is 25.9 Å². The molecule has 184 valence electrons. The third-order valence-corrected chi connectivity index (χ3v) is 11.3. The SMILES string of the molecule is C=C(Oc1ccc(C2OP(C)(=O)C(O)(Cc3cccnc3)P(=O)(O)O2)cc1OC)OC1CCC1. The molecule has 1 aromatic heterocycles. The van der Waals surface area contributed by atoms with Crippen molar-refractivity contribution < 1.29 is 42.4 Å². The highest BCUT2D eigenvalue weighted by molar-refractivity contribution is 7.75. The molecular weight excluding hydrogens is 484 g/mol. The molecule has 0 amide bonds. The normalized spacial score (nSPS) is 31.4. The molecule has 4 atom stereocenters. The van der Waals surface area contributed by atoms with Crippen LogP contribution in [0.2, 0.25) is 0 Å². The minimum absolute atomic E-state index is 0.0876. The number of aromatic nitrogens is 1. The Bertz CT molecular complexity index is 1130. The van der Waals surface area contributed by atoms with Crippen molar-refractivity contribution in [1.29, 1.82) is 0 Å². The first-order valence-electron chi connectivity index (χ1n) is 10.6. The molecule has 0 radical (unpaired) electrons. The number of benzene rings is 1. The first-order valence-corrected chi connectivity index (χ1v) is 14.3. The van der Waals surface area contributed by atoms with Gasteiger partial charge in [-0.3, -0.25) is 23.2 Å². The van der Waals surface area contributed by atoms with E-state index in [-0.39, 0.29) is 23.4 Å². The number of methoxy groups -OCH3 is 1. The summed E-state index contributed by atoms with van der Waals surface area (Å²) in [5.41, 5.74) is 0.647. The summed E-state index contributed by atoms with van der Waals surface area (Å²) in [6, 6.07) is 7.67. The molecule has 34 heavy (non-hydrogen) atoms. The van der Waals surface area contributed by atoms with Crippen LogP contribution in [0.5, 0.6) is 11.5 Å². The van der Waals surface area contributed by atoms with Crippen LogP contribution in [0.3, 0.4) is 0 Å². The number of ether oxygens (including phenoxy) is 3. The van der Waals surface area contributed by atoms with Gasteiger partial charge in [0.2, 0.25) is 12.5 Å². The number of hydrogen-bond acceptors (Lipinski definition) is 9. The van der Waals surface area contributed by atoms with Crippen LogP contribution in [-0.4, -0.2) is 39.9 Å². The van der Waals surface area contributed by atoms with Crippen molar-refractivity contribution in [3.8, 4) is 11.5 Å². The van der Waals surface area contributed by atoms with Crippen molar-refractivity contribution in [2.45, 2.75) is 43.2 Å². The Balaban J connectivity index is 1.55. The lowest BCUT2D eigenvalue weighted by molar-refractivity contribution is -0.0441. The Morgan fingerprint density at radius 3 is 2.62 bits per heavy atom. The average molecular weight is 511 g/mol. The van der Waals surface area contributed by atoms with E-state index in [9.17, 15) is 19.1 Å². The zero-order chi connectivity index (χ0) is 24.6. The van der Waals surface area contributed by atoms with Gasteiger partial charge in [-0.1, -0.05) is 6.07 Å². The molecule has 1 aliphatic carbocycles. The summed E-state index contributed by atoms with van der Waals surface area (Å²) in [4.78, 5) is 14.6. The highest BCUT2D eigenvalue weighted by atomic mass is 31.2. The maximum Gasteiger partial charge on any atom is 0.372 e. The number of pyridine rings is 1. The third-order valence-electron chi connectivity index (χ3n) is 5.84. The van der Waals surface area contributed by atoms with E-state index in [1.54, 1.807) is 12.1 Å². The predicted molar refractivity (Wildman–Crippen MR) is 123 cm³/mol. The van der Waals surface area contributed by atoms with Gasteiger partial charge in [0.1, 0.15) is 6.10 Å². The Morgan fingerprint density at radius 1 is 1.26 bits per heavy atom. The number of hydrogen-bond donors (Lipinski definition) is 2. The van der Waals surface area contributed by atoms with Gasteiger partial charge in [-0.25, -0.2) is 0 Å². The summed E-state index contributed by atoms with van der Waals surface area (Å²) in [5, 5.41) is 8.43. The molecule has 2 fully saturated rings. The van der Waals surface area contributed by atoms with Gasteiger partial charge in [-0.15, -0.1) is 0 Å². The fourth-order valence-electron chi connectivity index (χ4n) is 3.61. The van der Waals surface area contributed by atoms with Crippen LogP contribution in [0, 0.1) is 0 Å². The molecule has 2 aliphatic rings. The molecule has 10 nitrogen and oxygen atoms in total. The van der Waals surface area contributed by atoms with Crippen LogP contribution in [-0.2, 0) is 29.3 Å². The van der Waals surface area contributed by atoms with Gasteiger partial charge in [0.05, 0.1) is 7.11 Å². The van der Waals surface area contributed by atoms with Crippen molar-refractivity contribution in [3.63, 3.8) is 0 Å². The second kappa shape index (κ2) is 9.46. The fraction of sp³-hybridized carbons (Fsp3) is 0.409. The summed E-state index contributed by atoms with van der Waals surface area (Å²) < 4.78 is 54.0. The highest BCUT2D eigenvalue weighted by Crippen LogP contribution is 2.79. The van der Waals surface area contributed by atoms with E-state index in [1.807, 2.05) is 0 Å². The summed E-state index contributed by atoms with van der Waals surface area (Å²) >= 11 is 0. The fourth-order valence-corrected chi connectivity index (χ4v) is 7.94. The predicted octanol–water partition coefficient (Wildman–Crippen LogP) is 4.54. The Morgan fingerprint density at radius 2 is 2.03 bits per heavy atom. The van der Waals surface area contributed by atoms with E-state index in [1.165, 1.54) is 37.7 Å². The van der Waals surface area contributed by atoms with Gasteiger partial charge >= 0.3 is 7.60 Å². The highest BCUT2D eigenvalue weighted by Gasteiger charge is 2.64. The molecule has 1 saturated carbocycles. The molecule has 1 aromatic carbocycles. The van der Waals surface area contributed by atoms with Crippen molar-refractivity contribution in [1.82, 2.24) is 4.98 Å². The maximum atomic E-state index is 13.4. The Hall–Kier alpha value is -2.19. The first-order chi connectivity index (χ1) is 16.0. The van der Waals surface area contributed by atoms with E-state index in [0.29, 0.717) is 11.3 Å². The van der Waals surface area contributed by atoms with Gasteiger partial charge in [-0.05, 0) is 55.7 Å². The Kier molecular flexibility index (Phi) is 6.93. The quantitative estimate of drug-likeness (QED) is 0.384. The molecule has 0 bridgehead atoms. The van der Waals surface area contributed by atoms with Crippen LogP contribution in [0.15, 0.2) is 55.2 Å². The van der Waals surface area contributed by atoms with Gasteiger partial charge in [-0.2, -0.15) is 0 Å². The van der Waals surface area contributed by atoms with Crippen LogP contribution < -0.4 is 9.47 Å². The molecule has 4 rings (SSSR count). The van der Waals surface area contributed by atoms with Crippen LogP contribution in [0.25, 0.3) is 0 Å². The minimum atomic E-state index is -4.85. The molecule has 4 unspecified atom stereocenters. The summed E-state index contributed by atoms with van der Waals surface area (Å²) in [5.74, 6) is 0.670. The molecule has 2 N–H and O–H groups in total. The van der Waals surface area contributed by atoms with E-state index in [4.69, 9.17) is 23.3 Å². The van der Waals surface area contributed by atoms with Gasteiger partial charge in [0, 0.05) is 31.0 Å². The average Bonchev–Trinajstić information content (AvgIpc) is 2.75. The van der Waals surface area contributed by atoms with Crippen molar-refractivity contribution in [2.75, 3.05) is 13.8 Å². The maximum absolute atomic E-state index is 13.4. The standard InChI is InChI=1S/C22H27NO9P2/c1-15(29-18-7-4-8-18)30-19-10-9-17(12-20(19)28-2)21-31-33(3,25)22(24,34(26,27)32-21)13-16-6-5-11-23-14-16/h5-6,9-12,14,18,21,24H,1,4,7-8,13H2,2-3H3,(H,26,27). The lowest BCUT2D eigenvalue weighted by atomic mass is 9.96. The number of nitrogens with zero attached hydrogens (tertiary/aromatic N) is 1. The monoisotopic (exact) mass is 511 g/mol. The number of rotatable bonds is 8. The van der Waals surface area contributed by atoms with E-state index >= 15 is 0 Å². The molecule has 0 spiro atoms. The lowest BCUT2D eigenvalue weighted by Crippen LogP contribution is -2.37. The van der Waals surface area contributed by atoms with Crippen LogP contribution >= 0.6 is 15.0 Å². The second-order valence-corrected chi connectivity index (χ2v) is 13.3.